The molecule has 0 fully saturated rings. The molecule has 1 aliphatic rings. The first-order valence-electron chi connectivity index (χ1n) is 4.87. The first kappa shape index (κ1) is 9.11. The largest absolute Gasteiger partial charge is 0.398 e. The fourth-order valence-electron chi connectivity index (χ4n) is 2.08. The summed E-state index contributed by atoms with van der Waals surface area (Å²) in [5.74, 6) is 2.60. The molecule has 0 saturated carbocycles. The number of hydrogen-bond donors (Lipinski definition) is 2. The number of terminal acetylenes is 1. The third-order valence-electron chi connectivity index (χ3n) is 2.76. The molecule has 2 nitrogen and oxygen atoms in total. The smallest absolute Gasteiger partial charge is 0.0578 e. The van der Waals surface area contributed by atoms with Crippen molar-refractivity contribution in [2.45, 2.75) is 18.9 Å². The molecule has 0 radical (unpaired) electrons. The minimum atomic E-state index is 0.393. The molecule has 0 aromatic heterocycles. The van der Waals surface area contributed by atoms with Gasteiger partial charge in [0.05, 0.1) is 6.54 Å². The van der Waals surface area contributed by atoms with Crippen molar-refractivity contribution in [1.82, 2.24) is 5.32 Å². The fourth-order valence-corrected chi connectivity index (χ4v) is 2.08. The molecule has 1 aromatic carbocycles. The molecule has 2 heteroatoms. The third kappa shape index (κ3) is 1.47. The lowest BCUT2D eigenvalue weighted by molar-refractivity contribution is 0.568. The molecule has 0 amide bonds. The van der Waals surface area contributed by atoms with E-state index in [2.05, 4.69) is 17.3 Å². The summed E-state index contributed by atoms with van der Waals surface area (Å²) in [5.41, 5.74) is 9.42. The van der Waals surface area contributed by atoms with Crippen LogP contribution in [0.1, 0.15) is 23.6 Å². The van der Waals surface area contributed by atoms with Gasteiger partial charge in [-0.25, -0.2) is 0 Å². The first-order chi connectivity index (χ1) is 6.83. The number of anilines is 1. The number of benzene rings is 1. The zero-order chi connectivity index (χ0) is 9.97. The lowest BCUT2D eigenvalue weighted by Gasteiger charge is -2.11. The van der Waals surface area contributed by atoms with Gasteiger partial charge in [0, 0.05) is 11.7 Å². The molecule has 0 bridgehead atoms. The number of rotatable bonds is 2. The molecule has 2 rings (SSSR count). The van der Waals surface area contributed by atoms with E-state index in [9.17, 15) is 0 Å². The zero-order valence-electron chi connectivity index (χ0n) is 8.09. The second kappa shape index (κ2) is 3.73. The van der Waals surface area contributed by atoms with Crippen LogP contribution < -0.4 is 11.1 Å². The van der Waals surface area contributed by atoms with Gasteiger partial charge in [-0.15, -0.1) is 6.42 Å². The average molecular weight is 186 g/mol. The molecule has 1 aliphatic carbocycles. The van der Waals surface area contributed by atoms with Gasteiger partial charge in [-0.2, -0.15) is 0 Å². The molecule has 1 aromatic rings. The van der Waals surface area contributed by atoms with Crippen LogP contribution in [0.15, 0.2) is 18.2 Å². The summed E-state index contributed by atoms with van der Waals surface area (Å²) in [4.78, 5) is 0. The zero-order valence-corrected chi connectivity index (χ0v) is 8.09. The van der Waals surface area contributed by atoms with E-state index in [-0.39, 0.29) is 0 Å². The molecule has 14 heavy (non-hydrogen) atoms. The van der Waals surface area contributed by atoms with E-state index >= 15 is 0 Å². The quantitative estimate of drug-likeness (QED) is 0.542. The van der Waals surface area contributed by atoms with Gasteiger partial charge < -0.3 is 5.73 Å². The molecular weight excluding hydrogens is 172 g/mol. The van der Waals surface area contributed by atoms with Gasteiger partial charge in [-0.05, 0) is 30.0 Å². The van der Waals surface area contributed by atoms with E-state index in [4.69, 9.17) is 12.2 Å². The molecule has 0 aliphatic heterocycles. The van der Waals surface area contributed by atoms with Gasteiger partial charge in [0.1, 0.15) is 0 Å². The maximum atomic E-state index is 5.89. The summed E-state index contributed by atoms with van der Waals surface area (Å²) in [6.45, 7) is 0.624. The fraction of sp³-hybridized carbons (Fsp3) is 0.333. The summed E-state index contributed by atoms with van der Waals surface area (Å²) >= 11 is 0. The van der Waals surface area contributed by atoms with Crippen molar-refractivity contribution in [2.24, 2.45) is 0 Å². The van der Waals surface area contributed by atoms with Crippen molar-refractivity contribution in [3.63, 3.8) is 0 Å². The minimum absolute atomic E-state index is 0.393. The minimum Gasteiger partial charge on any atom is -0.398 e. The Hall–Kier alpha value is -1.46. The Morgan fingerprint density at radius 2 is 2.43 bits per heavy atom. The Balaban J connectivity index is 2.23. The van der Waals surface area contributed by atoms with Crippen LogP contribution in [0.25, 0.3) is 0 Å². The Morgan fingerprint density at radius 3 is 3.21 bits per heavy atom. The van der Waals surface area contributed by atoms with Crippen LogP contribution in [-0.2, 0) is 6.42 Å². The van der Waals surface area contributed by atoms with Crippen LogP contribution in [0.5, 0.6) is 0 Å². The number of nitrogen functional groups attached to an aromatic ring is 1. The second-order valence-electron chi connectivity index (χ2n) is 3.59. The van der Waals surface area contributed by atoms with E-state index in [1.807, 2.05) is 12.1 Å². The van der Waals surface area contributed by atoms with Crippen molar-refractivity contribution < 1.29 is 0 Å². The van der Waals surface area contributed by atoms with Gasteiger partial charge >= 0.3 is 0 Å². The first-order valence-corrected chi connectivity index (χ1v) is 4.87. The lowest BCUT2D eigenvalue weighted by atomic mass is 10.1. The van der Waals surface area contributed by atoms with Crippen molar-refractivity contribution in [3.8, 4) is 12.3 Å². The highest BCUT2D eigenvalue weighted by Gasteiger charge is 2.22. The Kier molecular flexibility index (Phi) is 2.43. The van der Waals surface area contributed by atoms with E-state index in [0.717, 1.165) is 18.5 Å². The number of hydrogen-bond acceptors (Lipinski definition) is 2. The number of nitrogens with one attached hydrogen (secondary N) is 1. The third-order valence-corrected chi connectivity index (χ3v) is 2.76. The van der Waals surface area contributed by atoms with E-state index in [0.29, 0.717) is 12.6 Å². The maximum Gasteiger partial charge on any atom is 0.0578 e. The highest BCUT2D eigenvalue weighted by atomic mass is 14.9. The number of fused-ring (bicyclic) bond motifs is 1. The van der Waals surface area contributed by atoms with Crippen molar-refractivity contribution in [1.29, 1.82) is 0 Å². The monoisotopic (exact) mass is 186 g/mol. The van der Waals surface area contributed by atoms with Crippen molar-refractivity contribution in [2.75, 3.05) is 12.3 Å². The summed E-state index contributed by atoms with van der Waals surface area (Å²) in [6.07, 6.45) is 7.38. The van der Waals surface area contributed by atoms with Crippen LogP contribution in [0.3, 0.4) is 0 Å². The standard InChI is InChI=1S/C12H14N2/c1-2-8-14-12-7-6-9-10(12)4-3-5-11(9)13/h1,3-5,12,14H,6-8,13H2. The van der Waals surface area contributed by atoms with E-state index < -0.39 is 0 Å². The summed E-state index contributed by atoms with van der Waals surface area (Å²) in [6, 6.07) is 6.49. The number of nitrogens with two attached hydrogens (primary N) is 1. The molecule has 1 atom stereocenters. The molecule has 3 N–H and O–H groups in total. The highest BCUT2D eigenvalue weighted by Crippen LogP contribution is 2.34. The van der Waals surface area contributed by atoms with Crippen LogP contribution >= 0.6 is 0 Å². The second-order valence-corrected chi connectivity index (χ2v) is 3.59. The summed E-state index contributed by atoms with van der Waals surface area (Å²) in [5, 5.41) is 3.32. The van der Waals surface area contributed by atoms with Crippen molar-refractivity contribution in [3.05, 3.63) is 29.3 Å². The van der Waals surface area contributed by atoms with E-state index in [1.165, 1.54) is 11.1 Å². The predicted octanol–water partition coefficient (Wildman–Crippen LogP) is 1.48. The molecule has 1 unspecified atom stereocenters. The lowest BCUT2D eigenvalue weighted by Crippen LogP contribution is -2.19. The molecule has 72 valence electrons. The molecule has 0 heterocycles. The maximum absolute atomic E-state index is 5.89. The van der Waals surface area contributed by atoms with E-state index in [1.54, 1.807) is 0 Å². The summed E-state index contributed by atoms with van der Waals surface area (Å²) in [7, 11) is 0. The topological polar surface area (TPSA) is 38.0 Å². The SMILES string of the molecule is C#CCNC1CCc2c(N)cccc21. The Bertz CT molecular complexity index is 376. The molecular formula is C12H14N2. The van der Waals surface area contributed by atoms with Gasteiger partial charge in [0.15, 0.2) is 0 Å². The van der Waals surface area contributed by atoms with Gasteiger partial charge in [-0.1, -0.05) is 18.1 Å². The van der Waals surface area contributed by atoms with Crippen LogP contribution in [-0.4, -0.2) is 6.54 Å². The highest BCUT2D eigenvalue weighted by molar-refractivity contribution is 5.54. The predicted molar refractivity (Wildman–Crippen MR) is 58.8 cm³/mol. The van der Waals surface area contributed by atoms with Crippen LogP contribution in [0, 0.1) is 12.3 Å². The van der Waals surface area contributed by atoms with Crippen molar-refractivity contribution >= 4 is 5.69 Å². The van der Waals surface area contributed by atoms with Gasteiger partial charge in [0.25, 0.3) is 0 Å². The Morgan fingerprint density at radius 1 is 1.57 bits per heavy atom. The Labute approximate surface area is 84.5 Å². The van der Waals surface area contributed by atoms with Gasteiger partial charge in [-0.3, -0.25) is 5.32 Å². The molecule has 0 spiro atoms. The van der Waals surface area contributed by atoms with Crippen LogP contribution in [0.2, 0.25) is 0 Å². The van der Waals surface area contributed by atoms with Crippen LogP contribution in [0.4, 0.5) is 5.69 Å². The van der Waals surface area contributed by atoms with Gasteiger partial charge in [0.2, 0.25) is 0 Å². The normalized spacial score (nSPS) is 18.9. The average Bonchev–Trinajstić information content (AvgIpc) is 2.60. The summed E-state index contributed by atoms with van der Waals surface area (Å²) < 4.78 is 0. The molecule has 0 saturated heterocycles.